The van der Waals surface area contributed by atoms with Crippen molar-refractivity contribution < 1.29 is 9.59 Å². The van der Waals surface area contributed by atoms with Crippen molar-refractivity contribution in [2.45, 2.75) is 26.7 Å². The second-order valence-corrected chi connectivity index (χ2v) is 5.89. The van der Waals surface area contributed by atoms with Crippen LogP contribution in [0.3, 0.4) is 0 Å². The van der Waals surface area contributed by atoms with Crippen molar-refractivity contribution in [2.75, 3.05) is 18.4 Å². The van der Waals surface area contributed by atoms with Gasteiger partial charge in [0.05, 0.1) is 11.2 Å². The van der Waals surface area contributed by atoms with Gasteiger partial charge in [0.2, 0.25) is 11.8 Å². The second kappa shape index (κ2) is 5.99. The summed E-state index contributed by atoms with van der Waals surface area (Å²) >= 11 is 0. The molecule has 1 aliphatic rings. The minimum absolute atomic E-state index is 0.0619. The van der Waals surface area contributed by atoms with Gasteiger partial charge in [-0.05, 0) is 38.8 Å². The van der Waals surface area contributed by atoms with Gasteiger partial charge < -0.3 is 10.2 Å². The van der Waals surface area contributed by atoms with Crippen LogP contribution in [-0.4, -0.2) is 34.8 Å². The molecule has 120 valence electrons. The van der Waals surface area contributed by atoms with E-state index in [0.29, 0.717) is 31.6 Å². The molecular weight excluding hydrogens is 290 g/mol. The van der Waals surface area contributed by atoms with Gasteiger partial charge >= 0.3 is 0 Å². The Balaban J connectivity index is 1.85. The van der Waals surface area contributed by atoms with Crippen molar-refractivity contribution in [3.63, 3.8) is 0 Å². The van der Waals surface area contributed by atoms with E-state index in [4.69, 9.17) is 0 Å². The van der Waals surface area contributed by atoms with Crippen LogP contribution in [0.5, 0.6) is 0 Å². The normalized spacial score (nSPS) is 15.2. The average Bonchev–Trinajstić information content (AvgIpc) is 3.38. The van der Waals surface area contributed by atoms with E-state index in [1.165, 1.54) is 0 Å². The van der Waals surface area contributed by atoms with Gasteiger partial charge in [0.1, 0.15) is 5.41 Å². The molecule has 0 atom stereocenters. The van der Waals surface area contributed by atoms with Crippen molar-refractivity contribution in [3.8, 4) is 0 Å². The Hall–Kier alpha value is -2.43. The highest BCUT2D eigenvalue weighted by molar-refractivity contribution is 6.14. The zero-order valence-electron chi connectivity index (χ0n) is 13.5. The molecule has 1 N–H and O–H groups in total. The summed E-state index contributed by atoms with van der Waals surface area (Å²) < 4.78 is 0. The third-order valence-electron chi connectivity index (χ3n) is 4.53. The molecule has 5 nitrogen and oxygen atoms in total. The number of para-hydroxylation sites is 1. The quantitative estimate of drug-likeness (QED) is 0.864. The zero-order chi connectivity index (χ0) is 16.4. The molecule has 0 radical (unpaired) electrons. The lowest BCUT2D eigenvalue weighted by atomic mass is 10.0. The molecule has 0 aliphatic heterocycles. The van der Waals surface area contributed by atoms with Crippen LogP contribution in [0.1, 0.15) is 26.7 Å². The maximum Gasteiger partial charge on any atom is 0.240 e. The number of hydrogen-bond donors (Lipinski definition) is 1. The van der Waals surface area contributed by atoms with Crippen molar-refractivity contribution >= 4 is 28.4 Å². The van der Waals surface area contributed by atoms with E-state index >= 15 is 0 Å². The number of nitrogens with one attached hydrogen (secondary N) is 1. The molecule has 0 saturated heterocycles. The lowest BCUT2D eigenvalue weighted by Crippen LogP contribution is -2.42. The number of anilines is 1. The minimum atomic E-state index is -0.886. The van der Waals surface area contributed by atoms with Gasteiger partial charge in [-0.2, -0.15) is 0 Å². The molecule has 23 heavy (non-hydrogen) atoms. The van der Waals surface area contributed by atoms with Crippen LogP contribution < -0.4 is 5.32 Å². The number of amides is 2. The van der Waals surface area contributed by atoms with E-state index < -0.39 is 5.41 Å². The molecule has 1 fully saturated rings. The fourth-order valence-corrected chi connectivity index (χ4v) is 2.92. The van der Waals surface area contributed by atoms with Gasteiger partial charge in [0.15, 0.2) is 0 Å². The third-order valence-corrected chi connectivity index (χ3v) is 4.53. The van der Waals surface area contributed by atoms with Crippen LogP contribution in [0.4, 0.5) is 5.69 Å². The molecule has 1 saturated carbocycles. The van der Waals surface area contributed by atoms with E-state index in [1.807, 2.05) is 44.2 Å². The highest BCUT2D eigenvalue weighted by Crippen LogP contribution is 2.48. The number of aromatic nitrogens is 1. The summed E-state index contributed by atoms with van der Waals surface area (Å²) in [5.41, 5.74) is 0.518. The minimum Gasteiger partial charge on any atom is -0.342 e. The fourth-order valence-electron chi connectivity index (χ4n) is 2.92. The number of nitrogens with zero attached hydrogens (tertiary/aromatic N) is 2. The maximum atomic E-state index is 12.7. The Morgan fingerprint density at radius 1 is 1.17 bits per heavy atom. The molecule has 1 aromatic carbocycles. The Kier molecular flexibility index (Phi) is 4.03. The molecule has 1 aliphatic carbocycles. The molecule has 2 amide bonds. The lowest BCUT2D eigenvalue weighted by molar-refractivity contribution is -0.141. The SMILES string of the molecule is CCN(CC)C(=O)C1(C(=O)Nc2cccc3cccnc23)CC1. The molecule has 1 aromatic heterocycles. The first kappa shape index (κ1) is 15.5. The summed E-state index contributed by atoms with van der Waals surface area (Å²) in [6.45, 7) is 5.12. The Labute approximate surface area is 135 Å². The molecule has 2 aromatic rings. The van der Waals surface area contributed by atoms with Crippen molar-refractivity contribution in [1.29, 1.82) is 0 Å². The number of rotatable bonds is 5. The fraction of sp³-hybridized carbons (Fsp3) is 0.389. The van der Waals surface area contributed by atoms with Gasteiger partial charge in [0.25, 0.3) is 0 Å². The Bertz CT molecular complexity index is 744. The van der Waals surface area contributed by atoms with Gasteiger partial charge in [0, 0.05) is 24.7 Å². The Morgan fingerprint density at radius 3 is 2.52 bits per heavy atom. The highest BCUT2D eigenvalue weighted by Gasteiger charge is 2.57. The van der Waals surface area contributed by atoms with Gasteiger partial charge in [-0.25, -0.2) is 0 Å². The largest absolute Gasteiger partial charge is 0.342 e. The van der Waals surface area contributed by atoms with Gasteiger partial charge in [-0.1, -0.05) is 18.2 Å². The summed E-state index contributed by atoms with van der Waals surface area (Å²) in [7, 11) is 0. The highest BCUT2D eigenvalue weighted by atomic mass is 16.2. The predicted octanol–water partition coefficient (Wildman–Crippen LogP) is 2.82. The molecule has 5 heteroatoms. The number of fused-ring (bicyclic) bond motifs is 1. The van der Waals surface area contributed by atoms with E-state index in [-0.39, 0.29) is 11.8 Å². The van der Waals surface area contributed by atoms with Crippen molar-refractivity contribution in [3.05, 3.63) is 36.5 Å². The topological polar surface area (TPSA) is 62.3 Å². The third kappa shape index (κ3) is 2.67. The molecule has 3 rings (SSSR count). The smallest absolute Gasteiger partial charge is 0.240 e. The second-order valence-electron chi connectivity index (χ2n) is 5.89. The number of pyridine rings is 1. The zero-order valence-corrected chi connectivity index (χ0v) is 13.5. The number of benzene rings is 1. The van der Waals surface area contributed by atoms with Crippen LogP contribution in [0.15, 0.2) is 36.5 Å². The summed E-state index contributed by atoms with van der Waals surface area (Å²) in [4.78, 5) is 31.4. The predicted molar refractivity (Wildman–Crippen MR) is 90.0 cm³/mol. The summed E-state index contributed by atoms with van der Waals surface area (Å²) in [6, 6.07) is 9.47. The van der Waals surface area contributed by atoms with Gasteiger partial charge in [-0.3, -0.25) is 14.6 Å². The molecule has 1 heterocycles. The van der Waals surface area contributed by atoms with Crippen LogP contribution in [0.25, 0.3) is 10.9 Å². The summed E-state index contributed by atoms with van der Waals surface area (Å²) in [5, 5.41) is 3.89. The molecular formula is C18H21N3O2. The standard InChI is InChI=1S/C18H21N3O2/c1-3-21(4-2)17(23)18(10-11-18)16(22)20-14-9-5-7-13-8-6-12-19-15(13)14/h5-9,12H,3-4,10-11H2,1-2H3,(H,20,22). The van der Waals surface area contributed by atoms with Crippen molar-refractivity contribution in [2.24, 2.45) is 5.41 Å². The molecule has 0 bridgehead atoms. The monoisotopic (exact) mass is 311 g/mol. The van der Waals surface area contributed by atoms with Crippen molar-refractivity contribution in [1.82, 2.24) is 9.88 Å². The number of hydrogen-bond acceptors (Lipinski definition) is 3. The van der Waals surface area contributed by atoms with E-state index in [9.17, 15) is 9.59 Å². The van der Waals surface area contributed by atoms with Crippen LogP contribution >= 0.6 is 0 Å². The van der Waals surface area contributed by atoms with E-state index in [1.54, 1.807) is 11.1 Å². The summed E-state index contributed by atoms with van der Waals surface area (Å²) in [6.07, 6.45) is 2.94. The van der Waals surface area contributed by atoms with E-state index in [0.717, 1.165) is 10.9 Å². The number of carbonyl (C=O) groups is 2. The van der Waals surface area contributed by atoms with Crippen LogP contribution in [-0.2, 0) is 9.59 Å². The molecule has 0 spiro atoms. The summed E-state index contributed by atoms with van der Waals surface area (Å²) in [5.74, 6) is -0.277. The maximum absolute atomic E-state index is 12.7. The first-order chi connectivity index (χ1) is 11.1. The number of carbonyl (C=O) groups excluding carboxylic acids is 2. The first-order valence-corrected chi connectivity index (χ1v) is 8.07. The molecule has 0 unspecified atom stereocenters. The first-order valence-electron chi connectivity index (χ1n) is 8.07. The van der Waals surface area contributed by atoms with Crippen LogP contribution in [0.2, 0.25) is 0 Å². The van der Waals surface area contributed by atoms with Gasteiger partial charge in [-0.15, -0.1) is 0 Å². The Morgan fingerprint density at radius 2 is 1.87 bits per heavy atom. The lowest BCUT2D eigenvalue weighted by Gasteiger charge is -2.24. The van der Waals surface area contributed by atoms with E-state index in [2.05, 4.69) is 10.3 Å². The van der Waals surface area contributed by atoms with Crippen LogP contribution in [0, 0.1) is 5.41 Å². The average molecular weight is 311 g/mol.